The topological polar surface area (TPSA) is 80.4 Å². The van der Waals surface area contributed by atoms with E-state index in [-0.39, 0.29) is 12.4 Å². The van der Waals surface area contributed by atoms with Crippen molar-refractivity contribution in [2.75, 3.05) is 31.1 Å². The summed E-state index contributed by atoms with van der Waals surface area (Å²) < 4.78 is 23.9. The minimum absolute atomic E-state index is 0.174. The molecule has 0 radical (unpaired) electrons. The van der Waals surface area contributed by atoms with Crippen molar-refractivity contribution in [2.45, 2.75) is 13.2 Å². The van der Waals surface area contributed by atoms with Crippen molar-refractivity contribution in [3.8, 4) is 5.75 Å². The second-order valence-corrected chi connectivity index (χ2v) is 7.84. The van der Waals surface area contributed by atoms with Gasteiger partial charge in [0, 0.05) is 26.2 Å². The quantitative estimate of drug-likeness (QED) is 0.465. The van der Waals surface area contributed by atoms with E-state index in [1.807, 2.05) is 5.38 Å². The Bertz CT molecular complexity index is 1120. The molecule has 1 saturated heterocycles. The number of ether oxygens (including phenoxy) is 1. The summed E-state index contributed by atoms with van der Waals surface area (Å²) in [5.41, 5.74) is 0. The third-order valence-electron chi connectivity index (χ3n) is 4.96. The third kappa shape index (κ3) is 4.10. The van der Waals surface area contributed by atoms with Crippen molar-refractivity contribution in [3.05, 3.63) is 59.6 Å². The summed E-state index contributed by atoms with van der Waals surface area (Å²) in [7, 11) is 0. The number of rotatable bonds is 6. The van der Waals surface area contributed by atoms with Crippen molar-refractivity contribution < 1.29 is 13.7 Å². The van der Waals surface area contributed by atoms with E-state index in [2.05, 4.69) is 36.0 Å². The Labute approximate surface area is 175 Å². The highest BCUT2D eigenvalue weighted by Gasteiger charge is 2.22. The fourth-order valence-electron chi connectivity index (χ4n) is 3.43. The maximum Gasteiger partial charge on any atom is 0.240 e. The molecule has 10 heteroatoms. The molecule has 0 N–H and O–H groups in total. The lowest BCUT2D eigenvalue weighted by Crippen LogP contribution is -2.46. The molecular formula is C20H19FN6O2S. The van der Waals surface area contributed by atoms with Gasteiger partial charge in [0.2, 0.25) is 11.7 Å². The monoisotopic (exact) mass is 426 g/mol. The highest BCUT2D eigenvalue weighted by molar-refractivity contribution is 7.16. The number of anilines is 1. The molecule has 4 aromatic rings. The van der Waals surface area contributed by atoms with Crippen LogP contribution in [0.1, 0.15) is 11.7 Å². The number of fused-ring (bicyclic) bond motifs is 1. The van der Waals surface area contributed by atoms with Gasteiger partial charge in [-0.3, -0.25) is 4.90 Å². The SMILES string of the molecule is Fc1ccc(OCc2noc(CN3CCN(c4ncnc5sccc45)CC3)n2)cc1. The van der Waals surface area contributed by atoms with Crippen LogP contribution in [-0.2, 0) is 13.2 Å². The zero-order valence-corrected chi connectivity index (χ0v) is 16.9. The average molecular weight is 426 g/mol. The van der Waals surface area contributed by atoms with Crippen molar-refractivity contribution in [1.29, 1.82) is 0 Å². The van der Waals surface area contributed by atoms with E-state index in [4.69, 9.17) is 9.26 Å². The van der Waals surface area contributed by atoms with Crippen LogP contribution in [0.25, 0.3) is 10.2 Å². The van der Waals surface area contributed by atoms with E-state index in [0.29, 0.717) is 24.0 Å². The van der Waals surface area contributed by atoms with Crippen LogP contribution in [0.15, 0.2) is 46.6 Å². The number of piperazine rings is 1. The first kappa shape index (κ1) is 18.9. The molecule has 1 aliphatic heterocycles. The molecule has 4 heterocycles. The molecule has 0 atom stereocenters. The second kappa shape index (κ2) is 8.33. The van der Waals surface area contributed by atoms with Crippen LogP contribution in [0.2, 0.25) is 0 Å². The molecule has 3 aromatic heterocycles. The van der Waals surface area contributed by atoms with Gasteiger partial charge in [-0.05, 0) is 35.7 Å². The lowest BCUT2D eigenvalue weighted by molar-refractivity contribution is 0.214. The second-order valence-electron chi connectivity index (χ2n) is 6.95. The number of halogens is 1. The van der Waals surface area contributed by atoms with Gasteiger partial charge in [-0.25, -0.2) is 14.4 Å². The van der Waals surface area contributed by atoms with E-state index in [9.17, 15) is 4.39 Å². The molecule has 8 nitrogen and oxygen atoms in total. The zero-order chi connectivity index (χ0) is 20.3. The van der Waals surface area contributed by atoms with Crippen molar-refractivity contribution in [3.63, 3.8) is 0 Å². The normalized spacial score (nSPS) is 15.0. The predicted molar refractivity (Wildman–Crippen MR) is 110 cm³/mol. The molecule has 30 heavy (non-hydrogen) atoms. The van der Waals surface area contributed by atoms with Gasteiger partial charge in [-0.15, -0.1) is 11.3 Å². The highest BCUT2D eigenvalue weighted by atomic mass is 32.1. The first-order valence-electron chi connectivity index (χ1n) is 9.60. The Morgan fingerprint density at radius 3 is 2.73 bits per heavy atom. The predicted octanol–water partition coefficient (Wildman–Crippen LogP) is 3.11. The summed E-state index contributed by atoms with van der Waals surface area (Å²) in [6.07, 6.45) is 1.63. The Kier molecular flexibility index (Phi) is 5.24. The lowest BCUT2D eigenvalue weighted by atomic mass is 10.2. The van der Waals surface area contributed by atoms with E-state index >= 15 is 0 Å². The van der Waals surface area contributed by atoms with E-state index < -0.39 is 0 Å². The van der Waals surface area contributed by atoms with Gasteiger partial charge >= 0.3 is 0 Å². The zero-order valence-electron chi connectivity index (χ0n) is 16.1. The van der Waals surface area contributed by atoms with E-state index in [1.54, 1.807) is 29.8 Å². The fraction of sp³-hybridized carbons (Fsp3) is 0.300. The lowest BCUT2D eigenvalue weighted by Gasteiger charge is -2.34. The van der Waals surface area contributed by atoms with E-state index in [0.717, 1.165) is 42.2 Å². The maximum atomic E-state index is 12.9. The van der Waals surface area contributed by atoms with Gasteiger partial charge in [0.15, 0.2) is 6.61 Å². The van der Waals surface area contributed by atoms with Crippen molar-refractivity contribution in [2.24, 2.45) is 0 Å². The summed E-state index contributed by atoms with van der Waals surface area (Å²) in [6.45, 7) is 4.26. The molecule has 1 fully saturated rings. The van der Waals surface area contributed by atoms with Crippen LogP contribution in [0.4, 0.5) is 10.2 Å². The van der Waals surface area contributed by atoms with Crippen LogP contribution < -0.4 is 9.64 Å². The molecule has 5 rings (SSSR count). The minimum Gasteiger partial charge on any atom is -0.485 e. The van der Waals surface area contributed by atoms with E-state index in [1.165, 1.54) is 12.1 Å². The molecule has 0 aliphatic carbocycles. The van der Waals surface area contributed by atoms with Gasteiger partial charge in [-0.1, -0.05) is 5.16 Å². The van der Waals surface area contributed by atoms with Crippen LogP contribution in [0.3, 0.4) is 0 Å². The Morgan fingerprint density at radius 2 is 1.90 bits per heavy atom. The Morgan fingerprint density at radius 1 is 1.07 bits per heavy atom. The molecule has 0 unspecified atom stereocenters. The molecule has 0 amide bonds. The van der Waals surface area contributed by atoms with Crippen molar-refractivity contribution in [1.82, 2.24) is 25.0 Å². The molecular weight excluding hydrogens is 407 g/mol. The Balaban J connectivity index is 1.14. The summed E-state index contributed by atoms with van der Waals surface area (Å²) in [4.78, 5) is 18.8. The van der Waals surface area contributed by atoms with Gasteiger partial charge < -0.3 is 14.2 Å². The van der Waals surface area contributed by atoms with Crippen LogP contribution >= 0.6 is 11.3 Å². The fourth-order valence-corrected chi connectivity index (χ4v) is 4.16. The smallest absolute Gasteiger partial charge is 0.240 e. The maximum absolute atomic E-state index is 12.9. The van der Waals surface area contributed by atoms with Gasteiger partial charge in [-0.2, -0.15) is 4.98 Å². The summed E-state index contributed by atoms with van der Waals surface area (Å²) in [5.74, 6) is 2.28. The van der Waals surface area contributed by atoms with Crippen LogP contribution in [-0.4, -0.2) is 51.2 Å². The number of aromatic nitrogens is 4. The number of benzene rings is 1. The first-order chi connectivity index (χ1) is 14.7. The summed E-state index contributed by atoms with van der Waals surface area (Å²) in [6, 6.07) is 7.91. The minimum atomic E-state index is -0.302. The largest absolute Gasteiger partial charge is 0.485 e. The number of hydrogen-bond donors (Lipinski definition) is 0. The standard InChI is InChI=1S/C20H19FN6O2S/c21-14-1-3-15(4-2-14)28-12-17-24-18(29-25-17)11-26-6-8-27(9-7-26)19-16-5-10-30-20(16)23-13-22-19/h1-5,10,13H,6-9,11-12H2. The molecule has 0 bridgehead atoms. The number of hydrogen-bond acceptors (Lipinski definition) is 9. The van der Waals surface area contributed by atoms with Gasteiger partial charge in [0.25, 0.3) is 0 Å². The molecule has 1 aliphatic rings. The Hall–Kier alpha value is -3.11. The van der Waals surface area contributed by atoms with Crippen LogP contribution in [0.5, 0.6) is 5.75 Å². The summed E-state index contributed by atoms with van der Waals surface area (Å²) >= 11 is 1.63. The first-order valence-corrected chi connectivity index (χ1v) is 10.5. The molecule has 154 valence electrons. The summed E-state index contributed by atoms with van der Waals surface area (Å²) in [5, 5.41) is 7.12. The highest BCUT2D eigenvalue weighted by Crippen LogP contribution is 2.27. The molecule has 0 spiro atoms. The average Bonchev–Trinajstić information content (AvgIpc) is 3.43. The number of thiophene rings is 1. The van der Waals surface area contributed by atoms with Crippen LogP contribution in [0, 0.1) is 5.82 Å². The van der Waals surface area contributed by atoms with Crippen molar-refractivity contribution >= 4 is 27.4 Å². The van der Waals surface area contributed by atoms with Gasteiger partial charge in [0.1, 0.15) is 28.5 Å². The molecule has 0 saturated carbocycles. The molecule has 1 aromatic carbocycles. The van der Waals surface area contributed by atoms with Gasteiger partial charge in [0.05, 0.1) is 11.9 Å². The number of nitrogens with zero attached hydrogens (tertiary/aromatic N) is 6. The third-order valence-corrected chi connectivity index (χ3v) is 5.78.